The van der Waals surface area contributed by atoms with Crippen LogP contribution < -0.4 is 0 Å². The molecule has 0 radical (unpaired) electrons. The van der Waals surface area contributed by atoms with Crippen LogP contribution >= 0.6 is 0 Å². The summed E-state index contributed by atoms with van der Waals surface area (Å²) in [5.74, 6) is 0.0569. The van der Waals surface area contributed by atoms with Crippen molar-refractivity contribution in [3.05, 3.63) is 41.5 Å². The lowest BCUT2D eigenvalue weighted by Gasteiger charge is -2.59. The Morgan fingerprint density at radius 1 is 1.42 bits per heavy atom. The summed E-state index contributed by atoms with van der Waals surface area (Å²) in [6, 6.07) is 8.76. The van der Waals surface area contributed by atoms with Crippen LogP contribution in [0.25, 0.3) is 0 Å². The second-order valence-electron chi connectivity index (χ2n) is 7.43. The van der Waals surface area contributed by atoms with E-state index in [0.29, 0.717) is 6.04 Å². The minimum absolute atomic E-state index is 0.0717. The van der Waals surface area contributed by atoms with Crippen LogP contribution in [0.3, 0.4) is 0 Å². The first-order valence-corrected chi connectivity index (χ1v) is 8.86. The fourth-order valence-electron chi connectivity index (χ4n) is 5.77. The van der Waals surface area contributed by atoms with Gasteiger partial charge in [0, 0.05) is 24.8 Å². The molecule has 1 aromatic carbocycles. The average molecular weight is 322 g/mol. The highest BCUT2D eigenvalue weighted by Crippen LogP contribution is 2.60. The van der Waals surface area contributed by atoms with E-state index in [0.717, 1.165) is 31.6 Å². The third kappa shape index (κ3) is 1.53. The number of allylic oxidation sites excluding steroid dienone is 1. The number of piperidine rings is 2. The molecule has 0 aromatic heterocycles. The van der Waals surface area contributed by atoms with Gasteiger partial charge in [-0.2, -0.15) is 0 Å². The van der Waals surface area contributed by atoms with Crippen molar-refractivity contribution in [2.24, 2.45) is 16.8 Å². The predicted octanol–water partition coefficient (Wildman–Crippen LogP) is 2.85. The minimum atomic E-state index is -0.261. The lowest BCUT2D eigenvalue weighted by atomic mass is 9.51. The number of nitrogens with zero attached hydrogens (tertiary/aromatic N) is 2. The second-order valence-corrected chi connectivity index (χ2v) is 7.43. The van der Waals surface area contributed by atoms with Gasteiger partial charge >= 0.3 is 5.97 Å². The van der Waals surface area contributed by atoms with E-state index in [1.54, 1.807) is 0 Å². The second kappa shape index (κ2) is 4.79. The molecule has 4 nitrogen and oxygen atoms in total. The highest BCUT2D eigenvalue weighted by Gasteiger charge is 2.65. The average Bonchev–Trinajstić information content (AvgIpc) is 2.96. The van der Waals surface area contributed by atoms with Crippen molar-refractivity contribution in [3.63, 3.8) is 0 Å². The van der Waals surface area contributed by atoms with E-state index in [1.165, 1.54) is 24.0 Å². The Morgan fingerprint density at radius 2 is 2.25 bits per heavy atom. The van der Waals surface area contributed by atoms with Crippen LogP contribution in [0.4, 0.5) is 5.69 Å². The standard InChI is InChI=1S/C20H22N2O2/c1-3-12-11-22-9-8-20-14-6-4-5-7-15(14)21-18(20)16(22)10-13(12)17(20)19(23)24-2/h3-7,13,16-17H,8-11H2,1-2H3/t13-,16-,17-,20-/m0/s1. The van der Waals surface area contributed by atoms with Gasteiger partial charge in [0.05, 0.1) is 24.1 Å². The van der Waals surface area contributed by atoms with E-state index in [9.17, 15) is 4.79 Å². The minimum Gasteiger partial charge on any atom is -0.469 e. The molecule has 0 N–H and O–H groups in total. The van der Waals surface area contributed by atoms with Crippen molar-refractivity contribution in [1.82, 2.24) is 4.90 Å². The summed E-state index contributed by atoms with van der Waals surface area (Å²) in [5.41, 5.74) is 4.64. The SMILES string of the molecule is CC=C1CN2CC[C@]34C(=Nc5ccccc53)[C@@H]2C[C@@H]1[C@H]4C(=O)OC. The van der Waals surface area contributed by atoms with E-state index in [-0.39, 0.29) is 23.2 Å². The Hall–Kier alpha value is -1.94. The molecular weight excluding hydrogens is 300 g/mol. The van der Waals surface area contributed by atoms with Gasteiger partial charge < -0.3 is 4.74 Å². The number of fused-ring (bicyclic) bond motifs is 2. The molecule has 3 aliphatic heterocycles. The first kappa shape index (κ1) is 14.4. The Kier molecular flexibility index (Phi) is 2.88. The van der Waals surface area contributed by atoms with Gasteiger partial charge in [0.1, 0.15) is 0 Å². The maximum atomic E-state index is 12.9. The molecule has 4 atom stereocenters. The smallest absolute Gasteiger partial charge is 0.310 e. The number of para-hydroxylation sites is 1. The number of carbonyl (C=O) groups is 1. The third-order valence-corrected chi connectivity index (χ3v) is 6.73. The fraction of sp³-hybridized carbons (Fsp3) is 0.500. The van der Waals surface area contributed by atoms with Crippen molar-refractivity contribution >= 4 is 17.4 Å². The highest BCUT2D eigenvalue weighted by molar-refractivity contribution is 6.09. The third-order valence-electron chi connectivity index (χ3n) is 6.73. The normalized spacial score (nSPS) is 37.8. The zero-order valence-corrected chi connectivity index (χ0v) is 14.2. The lowest BCUT2D eigenvalue weighted by Crippen LogP contribution is -2.68. The summed E-state index contributed by atoms with van der Waals surface area (Å²) >= 11 is 0. The van der Waals surface area contributed by atoms with Gasteiger partial charge in [-0.05, 0) is 37.3 Å². The maximum absolute atomic E-state index is 12.9. The summed E-state index contributed by atoms with van der Waals surface area (Å²) < 4.78 is 5.31. The van der Waals surface area contributed by atoms with Crippen LogP contribution in [0.5, 0.6) is 0 Å². The first-order valence-electron chi connectivity index (χ1n) is 8.86. The largest absolute Gasteiger partial charge is 0.469 e. The van der Waals surface area contributed by atoms with Crippen molar-refractivity contribution < 1.29 is 9.53 Å². The summed E-state index contributed by atoms with van der Waals surface area (Å²) in [6.07, 6.45) is 4.17. The molecule has 24 heavy (non-hydrogen) atoms. The monoisotopic (exact) mass is 322 g/mol. The number of benzene rings is 1. The number of hydrogen-bond donors (Lipinski definition) is 0. The van der Waals surface area contributed by atoms with E-state index in [4.69, 9.17) is 9.73 Å². The van der Waals surface area contributed by atoms with Gasteiger partial charge in [0.25, 0.3) is 0 Å². The lowest BCUT2D eigenvalue weighted by molar-refractivity contribution is -0.151. The van der Waals surface area contributed by atoms with E-state index in [2.05, 4.69) is 36.1 Å². The Bertz CT molecular complexity index is 797. The molecule has 124 valence electrons. The van der Waals surface area contributed by atoms with Gasteiger partial charge in [0.2, 0.25) is 0 Å². The Labute approximate surface area is 142 Å². The molecule has 0 unspecified atom stereocenters. The first-order chi connectivity index (χ1) is 11.7. The van der Waals surface area contributed by atoms with Gasteiger partial charge in [-0.25, -0.2) is 0 Å². The molecular formula is C20H22N2O2. The molecule has 3 bridgehead atoms. The molecule has 2 saturated heterocycles. The zero-order chi connectivity index (χ0) is 16.5. The number of methoxy groups -OCH3 is 1. The number of hydrogen-bond acceptors (Lipinski definition) is 4. The van der Waals surface area contributed by atoms with Crippen molar-refractivity contribution in [2.75, 3.05) is 20.2 Å². The molecule has 1 aliphatic carbocycles. The van der Waals surface area contributed by atoms with E-state index < -0.39 is 0 Å². The van der Waals surface area contributed by atoms with E-state index >= 15 is 0 Å². The van der Waals surface area contributed by atoms with Crippen LogP contribution in [0, 0.1) is 11.8 Å². The van der Waals surface area contributed by atoms with Gasteiger partial charge in [-0.3, -0.25) is 14.7 Å². The fourth-order valence-corrected chi connectivity index (χ4v) is 5.77. The van der Waals surface area contributed by atoms with Crippen molar-refractivity contribution in [3.8, 4) is 0 Å². The molecule has 3 fully saturated rings. The van der Waals surface area contributed by atoms with Crippen LogP contribution in [0.15, 0.2) is 40.9 Å². The molecule has 0 amide bonds. The summed E-state index contributed by atoms with van der Waals surface area (Å²) in [4.78, 5) is 20.5. The molecule has 1 aromatic rings. The Morgan fingerprint density at radius 3 is 3.04 bits per heavy atom. The molecule has 4 heteroatoms. The summed E-state index contributed by atoms with van der Waals surface area (Å²) in [5, 5.41) is 0. The van der Waals surface area contributed by atoms with E-state index in [1.807, 2.05) is 6.07 Å². The van der Waals surface area contributed by atoms with Crippen LogP contribution in [-0.4, -0.2) is 42.8 Å². The van der Waals surface area contributed by atoms with Crippen LogP contribution in [0.1, 0.15) is 25.3 Å². The molecule has 0 spiro atoms. The molecule has 5 rings (SSSR count). The Balaban J connectivity index is 1.79. The number of ether oxygens (including phenoxy) is 1. The highest BCUT2D eigenvalue weighted by atomic mass is 16.5. The predicted molar refractivity (Wildman–Crippen MR) is 92.6 cm³/mol. The molecule has 3 heterocycles. The van der Waals surface area contributed by atoms with Crippen molar-refractivity contribution in [1.29, 1.82) is 0 Å². The number of carbonyl (C=O) groups excluding carboxylic acids is 1. The molecule has 1 saturated carbocycles. The van der Waals surface area contributed by atoms with Gasteiger partial charge in [0.15, 0.2) is 0 Å². The van der Waals surface area contributed by atoms with Crippen molar-refractivity contribution in [2.45, 2.75) is 31.2 Å². The zero-order valence-electron chi connectivity index (χ0n) is 14.2. The number of aliphatic imine (C=N–C) groups is 1. The summed E-state index contributed by atoms with van der Waals surface area (Å²) in [6.45, 7) is 4.09. The topological polar surface area (TPSA) is 41.9 Å². The van der Waals surface area contributed by atoms with Crippen LogP contribution in [0.2, 0.25) is 0 Å². The number of rotatable bonds is 1. The summed E-state index contributed by atoms with van der Waals surface area (Å²) in [7, 11) is 1.52. The van der Waals surface area contributed by atoms with Gasteiger partial charge in [-0.15, -0.1) is 0 Å². The van der Waals surface area contributed by atoms with Crippen LogP contribution in [-0.2, 0) is 14.9 Å². The quantitative estimate of drug-likeness (QED) is 0.590. The maximum Gasteiger partial charge on any atom is 0.310 e. The number of esters is 1. The van der Waals surface area contributed by atoms with Gasteiger partial charge in [-0.1, -0.05) is 29.8 Å². The molecule has 4 aliphatic rings.